The second kappa shape index (κ2) is 8.35. The Bertz CT molecular complexity index is 930. The maximum atomic E-state index is 12.7. The molecule has 1 amide bonds. The fraction of sp³-hybridized carbons (Fsp3) is 0.158. The molecule has 0 aliphatic carbocycles. The average Bonchev–Trinajstić information content (AvgIpc) is 2.70. The van der Waals surface area contributed by atoms with E-state index in [1.54, 1.807) is 18.5 Å². The van der Waals surface area contributed by atoms with Crippen LogP contribution in [-0.4, -0.2) is 27.5 Å². The number of nitrogens with zero attached hydrogens (tertiary/aromatic N) is 2. The molecule has 0 unspecified atom stereocenters. The van der Waals surface area contributed by atoms with Gasteiger partial charge in [0.2, 0.25) is 0 Å². The van der Waals surface area contributed by atoms with Crippen molar-refractivity contribution in [3.05, 3.63) is 60.4 Å². The number of carbonyl (C=O) groups is 1. The molecule has 3 N–H and O–H groups in total. The number of aromatic nitrogens is 2. The molecule has 0 atom stereocenters. The van der Waals surface area contributed by atoms with E-state index in [-0.39, 0.29) is 5.91 Å². The summed E-state index contributed by atoms with van der Waals surface area (Å²) < 4.78 is 0. The number of hydrazine groups is 1. The molecular weight excluding hydrogens is 346 g/mol. The van der Waals surface area contributed by atoms with Gasteiger partial charge in [0.05, 0.1) is 16.8 Å². The third-order valence-corrected chi connectivity index (χ3v) is 4.01. The van der Waals surface area contributed by atoms with Crippen LogP contribution >= 0.6 is 12.2 Å². The molecule has 3 rings (SSSR count). The molecule has 7 heteroatoms. The van der Waals surface area contributed by atoms with Crippen molar-refractivity contribution in [1.82, 2.24) is 26.1 Å². The Labute approximate surface area is 157 Å². The Hall–Kier alpha value is -3.06. The highest BCUT2D eigenvalue weighted by atomic mass is 32.1. The smallest absolute Gasteiger partial charge is 0.270 e. The molecule has 0 aliphatic rings. The molecule has 0 spiro atoms. The van der Waals surface area contributed by atoms with Gasteiger partial charge in [0, 0.05) is 29.9 Å². The molecule has 3 aromatic rings. The summed E-state index contributed by atoms with van der Waals surface area (Å²) in [7, 11) is 0. The van der Waals surface area contributed by atoms with E-state index in [2.05, 4.69) is 26.1 Å². The Balaban J connectivity index is 1.91. The van der Waals surface area contributed by atoms with Crippen LogP contribution in [0.2, 0.25) is 0 Å². The second-order valence-electron chi connectivity index (χ2n) is 5.64. The highest BCUT2D eigenvalue weighted by Gasteiger charge is 2.14. The maximum absolute atomic E-state index is 12.7. The van der Waals surface area contributed by atoms with Crippen molar-refractivity contribution in [2.45, 2.75) is 13.3 Å². The van der Waals surface area contributed by atoms with Gasteiger partial charge in [-0.15, -0.1) is 0 Å². The average molecular weight is 365 g/mol. The van der Waals surface area contributed by atoms with Gasteiger partial charge in [-0.2, -0.15) is 0 Å². The summed E-state index contributed by atoms with van der Waals surface area (Å²) in [6, 6.07) is 13.0. The zero-order chi connectivity index (χ0) is 18.4. The van der Waals surface area contributed by atoms with Crippen LogP contribution in [0.4, 0.5) is 0 Å². The van der Waals surface area contributed by atoms with Gasteiger partial charge in [-0.1, -0.05) is 25.1 Å². The molecule has 0 saturated carbocycles. The Morgan fingerprint density at radius 2 is 1.88 bits per heavy atom. The van der Waals surface area contributed by atoms with E-state index in [1.165, 1.54) is 0 Å². The first kappa shape index (κ1) is 17.8. The molecule has 26 heavy (non-hydrogen) atoms. The zero-order valence-corrected chi connectivity index (χ0v) is 15.1. The van der Waals surface area contributed by atoms with E-state index in [0.717, 1.165) is 29.4 Å². The van der Waals surface area contributed by atoms with Crippen LogP contribution in [0.25, 0.3) is 22.2 Å². The normalized spacial score (nSPS) is 10.3. The number of nitrogens with one attached hydrogen (secondary N) is 3. The van der Waals surface area contributed by atoms with Crippen molar-refractivity contribution in [3.8, 4) is 11.3 Å². The van der Waals surface area contributed by atoms with Crippen LogP contribution in [0.3, 0.4) is 0 Å². The van der Waals surface area contributed by atoms with E-state index in [4.69, 9.17) is 12.2 Å². The molecule has 1 aromatic carbocycles. The van der Waals surface area contributed by atoms with Gasteiger partial charge < -0.3 is 5.32 Å². The van der Waals surface area contributed by atoms with Crippen LogP contribution in [0, 0.1) is 0 Å². The summed E-state index contributed by atoms with van der Waals surface area (Å²) in [4.78, 5) is 21.4. The van der Waals surface area contributed by atoms with Gasteiger partial charge in [0.1, 0.15) is 0 Å². The number of thiocarbonyl (C=S) groups is 1. The number of benzene rings is 1. The predicted molar refractivity (Wildman–Crippen MR) is 106 cm³/mol. The minimum absolute atomic E-state index is 0.278. The van der Waals surface area contributed by atoms with Crippen molar-refractivity contribution in [1.29, 1.82) is 0 Å². The molecule has 132 valence electrons. The van der Waals surface area contributed by atoms with Crippen LogP contribution in [0.5, 0.6) is 0 Å². The number of rotatable bonds is 4. The van der Waals surface area contributed by atoms with E-state index < -0.39 is 0 Å². The summed E-state index contributed by atoms with van der Waals surface area (Å²) in [6.45, 7) is 2.78. The summed E-state index contributed by atoms with van der Waals surface area (Å²) in [6.07, 6.45) is 4.34. The first-order valence-corrected chi connectivity index (χ1v) is 8.74. The SMILES string of the molecule is CCCNC(=S)NNC(=O)c1cc(-c2ccncc2)nc2ccccc12. The van der Waals surface area contributed by atoms with Gasteiger partial charge in [-0.3, -0.25) is 20.6 Å². The lowest BCUT2D eigenvalue weighted by molar-refractivity contribution is 0.0945. The first-order chi connectivity index (χ1) is 12.7. The molecular formula is C19H19N5OS. The monoisotopic (exact) mass is 365 g/mol. The van der Waals surface area contributed by atoms with Crippen LogP contribution in [0.1, 0.15) is 23.7 Å². The molecule has 0 bridgehead atoms. The summed E-state index contributed by atoms with van der Waals surface area (Å²) >= 11 is 5.13. The largest absolute Gasteiger partial charge is 0.361 e. The fourth-order valence-electron chi connectivity index (χ4n) is 2.50. The number of para-hydroxylation sites is 1. The molecule has 6 nitrogen and oxygen atoms in total. The van der Waals surface area contributed by atoms with Gasteiger partial charge in [0.25, 0.3) is 5.91 Å². The fourth-order valence-corrected chi connectivity index (χ4v) is 2.65. The standard InChI is InChI=1S/C19H19N5OS/c1-2-9-21-19(26)24-23-18(25)15-12-17(13-7-10-20-11-8-13)22-16-6-4-3-5-14(15)16/h3-8,10-12H,2,9H2,1H3,(H,23,25)(H2,21,24,26). The number of hydrogen-bond donors (Lipinski definition) is 3. The summed E-state index contributed by atoms with van der Waals surface area (Å²) in [5.74, 6) is -0.278. The molecule has 0 aliphatic heterocycles. The number of carbonyl (C=O) groups excluding carboxylic acids is 1. The Morgan fingerprint density at radius 1 is 1.12 bits per heavy atom. The molecule has 0 radical (unpaired) electrons. The number of pyridine rings is 2. The van der Waals surface area contributed by atoms with E-state index in [0.29, 0.717) is 16.4 Å². The Kier molecular flexibility index (Phi) is 5.70. The predicted octanol–water partition coefficient (Wildman–Crippen LogP) is 2.82. The van der Waals surface area contributed by atoms with Crippen LogP contribution < -0.4 is 16.2 Å². The van der Waals surface area contributed by atoms with Gasteiger partial charge in [-0.25, -0.2) is 4.98 Å². The quantitative estimate of drug-likeness (QED) is 0.487. The van der Waals surface area contributed by atoms with Crippen LogP contribution in [-0.2, 0) is 0 Å². The number of fused-ring (bicyclic) bond motifs is 1. The lowest BCUT2D eigenvalue weighted by atomic mass is 10.0. The summed E-state index contributed by atoms with van der Waals surface area (Å²) in [5.41, 5.74) is 8.25. The zero-order valence-electron chi connectivity index (χ0n) is 14.3. The number of hydrogen-bond acceptors (Lipinski definition) is 4. The van der Waals surface area contributed by atoms with Crippen LogP contribution in [0.15, 0.2) is 54.9 Å². The topological polar surface area (TPSA) is 78.9 Å². The third kappa shape index (κ3) is 4.12. The Morgan fingerprint density at radius 3 is 2.65 bits per heavy atom. The first-order valence-electron chi connectivity index (χ1n) is 8.33. The lowest BCUT2D eigenvalue weighted by Crippen LogP contribution is -2.47. The number of amides is 1. The third-order valence-electron chi connectivity index (χ3n) is 3.76. The lowest BCUT2D eigenvalue weighted by Gasteiger charge is -2.13. The minimum Gasteiger partial charge on any atom is -0.361 e. The maximum Gasteiger partial charge on any atom is 0.270 e. The minimum atomic E-state index is -0.278. The highest BCUT2D eigenvalue weighted by Crippen LogP contribution is 2.24. The van der Waals surface area contributed by atoms with Crippen molar-refractivity contribution in [3.63, 3.8) is 0 Å². The second-order valence-corrected chi connectivity index (χ2v) is 6.05. The van der Waals surface area contributed by atoms with Crippen molar-refractivity contribution in [2.75, 3.05) is 6.54 Å². The molecule has 2 aromatic heterocycles. The highest BCUT2D eigenvalue weighted by molar-refractivity contribution is 7.80. The van der Waals surface area contributed by atoms with Gasteiger partial charge >= 0.3 is 0 Å². The van der Waals surface area contributed by atoms with E-state index >= 15 is 0 Å². The van der Waals surface area contributed by atoms with Crippen molar-refractivity contribution >= 4 is 34.1 Å². The molecule has 0 saturated heterocycles. The molecule has 0 fully saturated rings. The van der Waals surface area contributed by atoms with E-state index in [9.17, 15) is 4.79 Å². The van der Waals surface area contributed by atoms with Gasteiger partial charge in [0.15, 0.2) is 5.11 Å². The molecule has 2 heterocycles. The van der Waals surface area contributed by atoms with E-state index in [1.807, 2.05) is 43.3 Å². The van der Waals surface area contributed by atoms with Crippen molar-refractivity contribution in [2.24, 2.45) is 0 Å². The van der Waals surface area contributed by atoms with Gasteiger partial charge in [-0.05, 0) is 42.9 Å². The van der Waals surface area contributed by atoms with Crippen molar-refractivity contribution < 1.29 is 4.79 Å². The summed E-state index contributed by atoms with van der Waals surface area (Å²) in [5, 5.41) is 4.16.